The quantitative estimate of drug-likeness (QED) is 0.707. The Bertz CT molecular complexity index is 379. The van der Waals surface area contributed by atoms with Crippen LogP contribution in [-0.2, 0) is 24.6 Å². The molecule has 1 aromatic heterocycles. The molecular formula is C14H26BrN3O. The van der Waals surface area contributed by atoms with Crippen LogP contribution in [0.15, 0.2) is 4.47 Å². The zero-order chi connectivity index (χ0) is 14.3. The molecule has 1 heterocycles. The van der Waals surface area contributed by atoms with E-state index in [-0.39, 0.29) is 0 Å². The average Bonchev–Trinajstić information content (AvgIpc) is 2.66. The van der Waals surface area contributed by atoms with Crippen LogP contribution >= 0.6 is 15.9 Å². The van der Waals surface area contributed by atoms with Crippen molar-refractivity contribution in [1.82, 2.24) is 15.1 Å². The number of aromatic nitrogens is 2. The standard InChI is InChI=1S/C14H26BrN3O/c1-5-12-14(15)13(18(3)17-12)10-11(16-6-2)8-7-9-19-4/h11,16H,5-10H2,1-4H3. The molecule has 4 nitrogen and oxygen atoms in total. The van der Waals surface area contributed by atoms with E-state index in [1.807, 2.05) is 11.7 Å². The van der Waals surface area contributed by atoms with Gasteiger partial charge in [0.25, 0.3) is 0 Å². The third kappa shape index (κ3) is 4.89. The molecule has 1 unspecified atom stereocenters. The first-order valence-electron chi connectivity index (χ1n) is 7.06. The average molecular weight is 332 g/mol. The van der Waals surface area contributed by atoms with Gasteiger partial charge in [-0.05, 0) is 41.7 Å². The van der Waals surface area contributed by atoms with Crippen molar-refractivity contribution in [1.29, 1.82) is 0 Å². The van der Waals surface area contributed by atoms with Gasteiger partial charge in [0, 0.05) is 33.2 Å². The first kappa shape index (κ1) is 16.7. The molecule has 0 aliphatic rings. The molecule has 0 amide bonds. The molecular weight excluding hydrogens is 306 g/mol. The fraction of sp³-hybridized carbons (Fsp3) is 0.786. The fourth-order valence-electron chi connectivity index (χ4n) is 2.31. The number of aryl methyl sites for hydroxylation is 2. The second-order valence-electron chi connectivity index (χ2n) is 4.78. The van der Waals surface area contributed by atoms with Crippen LogP contribution in [0.2, 0.25) is 0 Å². The number of rotatable bonds is 9. The Morgan fingerprint density at radius 1 is 1.42 bits per heavy atom. The van der Waals surface area contributed by atoms with E-state index in [0.717, 1.165) is 44.5 Å². The minimum absolute atomic E-state index is 0.483. The largest absolute Gasteiger partial charge is 0.385 e. The third-order valence-electron chi connectivity index (χ3n) is 3.34. The van der Waals surface area contributed by atoms with Crippen molar-refractivity contribution in [2.45, 2.75) is 45.6 Å². The van der Waals surface area contributed by atoms with Gasteiger partial charge in [-0.15, -0.1) is 0 Å². The molecule has 0 aliphatic heterocycles. The number of methoxy groups -OCH3 is 1. The van der Waals surface area contributed by atoms with E-state index in [1.165, 1.54) is 10.2 Å². The van der Waals surface area contributed by atoms with Crippen LogP contribution in [0.3, 0.4) is 0 Å². The van der Waals surface area contributed by atoms with Crippen LogP contribution < -0.4 is 5.32 Å². The lowest BCUT2D eigenvalue weighted by molar-refractivity contribution is 0.188. The summed E-state index contributed by atoms with van der Waals surface area (Å²) in [4.78, 5) is 0. The predicted octanol–water partition coefficient (Wildman–Crippen LogP) is 2.69. The molecule has 1 N–H and O–H groups in total. The van der Waals surface area contributed by atoms with Gasteiger partial charge in [0.05, 0.1) is 15.9 Å². The van der Waals surface area contributed by atoms with E-state index in [0.29, 0.717) is 6.04 Å². The molecule has 0 spiro atoms. The Hall–Kier alpha value is -0.390. The van der Waals surface area contributed by atoms with Crippen molar-refractivity contribution >= 4 is 15.9 Å². The van der Waals surface area contributed by atoms with Gasteiger partial charge in [-0.3, -0.25) is 4.68 Å². The first-order chi connectivity index (χ1) is 9.13. The Labute approximate surface area is 125 Å². The smallest absolute Gasteiger partial charge is 0.0766 e. The summed E-state index contributed by atoms with van der Waals surface area (Å²) in [6.45, 7) is 6.11. The third-order valence-corrected chi connectivity index (χ3v) is 4.25. The summed E-state index contributed by atoms with van der Waals surface area (Å²) in [7, 11) is 3.78. The maximum atomic E-state index is 5.13. The van der Waals surface area contributed by atoms with Gasteiger partial charge in [-0.2, -0.15) is 5.10 Å². The van der Waals surface area contributed by atoms with Crippen molar-refractivity contribution in [3.05, 3.63) is 15.9 Å². The highest BCUT2D eigenvalue weighted by Gasteiger charge is 2.17. The number of hydrogen-bond donors (Lipinski definition) is 1. The SMILES string of the molecule is CCNC(CCCOC)Cc1c(Br)c(CC)nn1C. The van der Waals surface area contributed by atoms with Gasteiger partial charge in [0.15, 0.2) is 0 Å². The highest BCUT2D eigenvalue weighted by atomic mass is 79.9. The van der Waals surface area contributed by atoms with E-state index >= 15 is 0 Å². The highest BCUT2D eigenvalue weighted by Crippen LogP contribution is 2.23. The van der Waals surface area contributed by atoms with Crippen molar-refractivity contribution in [2.75, 3.05) is 20.3 Å². The Balaban J connectivity index is 2.69. The van der Waals surface area contributed by atoms with Crippen LogP contribution in [0.25, 0.3) is 0 Å². The highest BCUT2D eigenvalue weighted by molar-refractivity contribution is 9.10. The van der Waals surface area contributed by atoms with Gasteiger partial charge in [0.1, 0.15) is 0 Å². The second-order valence-corrected chi connectivity index (χ2v) is 5.57. The summed E-state index contributed by atoms with van der Waals surface area (Å²) in [5.41, 5.74) is 2.42. The molecule has 110 valence electrons. The molecule has 0 saturated heterocycles. The minimum Gasteiger partial charge on any atom is -0.385 e. The van der Waals surface area contributed by atoms with Crippen molar-refractivity contribution < 1.29 is 4.74 Å². The molecule has 0 aliphatic carbocycles. The number of nitrogens with one attached hydrogen (secondary N) is 1. The van der Waals surface area contributed by atoms with Gasteiger partial charge >= 0.3 is 0 Å². The van der Waals surface area contributed by atoms with Crippen molar-refractivity contribution in [3.63, 3.8) is 0 Å². The van der Waals surface area contributed by atoms with Crippen LogP contribution in [0, 0.1) is 0 Å². The van der Waals surface area contributed by atoms with Gasteiger partial charge in [0.2, 0.25) is 0 Å². The molecule has 0 aromatic carbocycles. The van der Waals surface area contributed by atoms with Crippen LogP contribution in [0.1, 0.15) is 38.1 Å². The molecule has 0 radical (unpaired) electrons. The van der Waals surface area contributed by atoms with Gasteiger partial charge in [-0.1, -0.05) is 13.8 Å². The van der Waals surface area contributed by atoms with E-state index < -0.39 is 0 Å². The van der Waals surface area contributed by atoms with Crippen molar-refractivity contribution in [3.8, 4) is 0 Å². The van der Waals surface area contributed by atoms with Crippen molar-refractivity contribution in [2.24, 2.45) is 7.05 Å². The monoisotopic (exact) mass is 331 g/mol. The second kappa shape index (κ2) is 8.72. The molecule has 1 aromatic rings. The van der Waals surface area contributed by atoms with E-state index in [9.17, 15) is 0 Å². The Morgan fingerprint density at radius 3 is 2.68 bits per heavy atom. The summed E-state index contributed by atoms with van der Waals surface area (Å²) >= 11 is 3.69. The Kier molecular flexibility index (Phi) is 7.64. The predicted molar refractivity (Wildman–Crippen MR) is 82.6 cm³/mol. The summed E-state index contributed by atoms with van der Waals surface area (Å²) < 4.78 is 8.31. The van der Waals surface area contributed by atoms with Crippen LogP contribution in [0.4, 0.5) is 0 Å². The molecule has 0 bridgehead atoms. The number of nitrogens with zero attached hydrogens (tertiary/aromatic N) is 2. The summed E-state index contributed by atoms with van der Waals surface area (Å²) in [5, 5.41) is 8.11. The Morgan fingerprint density at radius 2 is 2.16 bits per heavy atom. The molecule has 1 atom stereocenters. The molecule has 1 rings (SSSR count). The van der Waals surface area contributed by atoms with E-state index in [4.69, 9.17) is 4.74 Å². The minimum atomic E-state index is 0.483. The number of hydrogen-bond acceptors (Lipinski definition) is 3. The molecule has 19 heavy (non-hydrogen) atoms. The number of likely N-dealkylation sites (N-methyl/N-ethyl adjacent to an activating group) is 1. The molecule has 0 saturated carbocycles. The lowest BCUT2D eigenvalue weighted by Gasteiger charge is -2.18. The summed E-state index contributed by atoms with van der Waals surface area (Å²) in [6.07, 6.45) is 4.18. The number of ether oxygens (including phenoxy) is 1. The first-order valence-corrected chi connectivity index (χ1v) is 7.85. The lowest BCUT2D eigenvalue weighted by atomic mass is 10.1. The number of halogens is 1. The lowest BCUT2D eigenvalue weighted by Crippen LogP contribution is -2.32. The van der Waals surface area contributed by atoms with Gasteiger partial charge in [-0.25, -0.2) is 0 Å². The molecule has 0 fully saturated rings. The molecule has 5 heteroatoms. The summed E-state index contributed by atoms with van der Waals surface area (Å²) in [6, 6.07) is 0.483. The summed E-state index contributed by atoms with van der Waals surface area (Å²) in [5.74, 6) is 0. The van der Waals surface area contributed by atoms with E-state index in [2.05, 4.69) is 40.2 Å². The zero-order valence-electron chi connectivity index (χ0n) is 12.5. The topological polar surface area (TPSA) is 39.1 Å². The van der Waals surface area contributed by atoms with Crippen LogP contribution in [0.5, 0.6) is 0 Å². The maximum Gasteiger partial charge on any atom is 0.0766 e. The van der Waals surface area contributed by atoms with Gasteiger partial charge < -0.3 is 10.1 Å². The van der Waals surface area contributed by atoms with Crippen LogP contribution in [-0.4, -0.2) is 36.1 Å². The zero-order valence-corrected chi connectivity index (χ0v) is 14.1. The van der Waals surface area contributed by atoms with E-state index in [1.54, 1.807) is 7.11 Å². The normalized spacial score (nSPS) is 12.9. The maximum absolute atomic E-state index is 5.13. The fourth-order valence-corrected chi connectivity index (χ4v) is 3.09.